The molecular formula is C13H19NO. The molecule has 2 aliphatic carbocycles. The highest BCUT2D eigenvalue weighted by atomic mass is 16.1. The Labute approximate surface area is 91.4 Å². The van der Waals surface area contributed by atoms with E-state index >= 15 is 0 Å². The third kappa shape index (κ3) is 1.43. The van der Waals surface area contributed by atoms with E-state index in [0.717, 1.165) is 24.2 Å². The predicted molar refractivity (Wildman–Crippen MR) is 61.3 cm³/mol. The van der Waals surface area contributed by atoms with Gasteiger partial charge in [-0.25, -0.2) is 0 Å². The molecule has 2 unspecified atom stereocenters. The van der Waals surface area contributed by atoms with Crippen LogP contribution in [-0.4, -0.2) is 12.3 Å². The summed E-state index contributed by atoms with van der Waals surface area (Å²) in [7, 11) is 0. The van der Waals surface area contributed by atoms with Crippen molar-refractivity contribution >= 4 is 5.78 Å². The smallest absolute Gasteiger partial charge is 0.161 e. The summed E-state index contributed by atoms with van der Waals surface area (Å²) in [5.74, 6) is 1.45. The molecule has 0 radical (unpaired) electrons. The number of carbonyl (C=O) groups excluding carboxylic acids is 1. The zero-order chi connectivity index (χ0) is 11.2. The monoisotopic (exact) mass is 205 g/mol. The van der Waals surface area contributed by atoms with Gasteiger partial charge in [0.2, 0.25) is 0 Å². The fraction of sp³-hybridized carbons (Fsp3) is 0.615. The Kier molecular flexibility index (Phi) is 2.25. The molecule has 2 heteroatoms. The summed E-state index contributed by atoms with van der Waals surface area (Å²) in [4.78, 5) is 11.8. The molecule has 0 heterocycles. The van der Waals surface area contributed by atoms with Gasteiger partial charge in [-0.05, 0) is 24.2 Å². The highest BCUT2D eigenvalue weighted by Crippen LogP contribution is 2.68. The second kappa shape index (κ2) is 3.22. The minimum Gasteiger partial charge on any atom is -0.385 e. The minimum atomic E-state index is 0.346. The lowest BCUT2D eigenvalue weighted by Gasteiger charge is -2.13. The Morgan fingerprint density at radius 1 is 1.67 bits per heavy atom. The number of carbonyl (C=O) groups is 1. The third-order valence-electron chi connectivity index (χ3n) is 3.98. The first-order valence-corrected chi connectivity index (χ1v) is 5.59. The molecule has 15 heavy (non-hydrogen) atoms. The number of ketones is 1. The molecule has 2 fully saturated rings. The average Bonchev–Trinajstić information content (AvgIpc) is 2.59. The van der Waals surface area contributed by atoms with Crippen LogP contribution in [0.4, 0.5) is 0 Å². The number of Topliss-reactive ketones (excluding diaryl/α,β-unsaturated/α-hetero) is 1. The van der Waals surface area contributed by atoms with Gasteiger partial charge in [-0.15, -0.1) is 6.58 Å². The molecule has 0 aliphatic heterocycles. The van der Waals surface area contributed by atoms with E-state index < -0.39 is 0 Å². The quantitative estimate of drug-likeness (QED) is 0.565. The first kappa shape index (κ1) is 10.5. The molecule has 0 aromatic rings. The van der Waals surface area contributed by atoms with Gasteiger partial charge in [0.15, 0.2) is 5.78 Å². The van der Waals surface area contributed by atoms with E-state index in [1.807, 2.05) is 13.0 Å². The fourth-order valence-electron chi connectivity index (χ4n) is 2.94. The summed E-state index contributed by atoms with van der Waals surface area (Å²) in [6, 6.07) is 0. The van der Waals surface area contributed by atoms with Gasteiger partial charge < -0.3 is 5.32 Å². The van der Waals surface area contributed by atoms with Crippen LogP contribution in [0.2, 0.25) is 0 Å². The zero-order valence-corrected chi connectivity index (χ0v) is 9.76. The van der Waals surface area contributed by atoms with Crippen LogP contribution in [0, 0.1) is 17.3 Å². The molecule has 2 aliphatic rings. The van der Waals surface area contributed by atoms with Crippen molar-refractivity contribution < 1.29 is 4.79 Å². The van der Waals surface area contributed by atoms with Crippen molar-refractivity contribution in [1.82, 2.24) is 5.32 Å². The van der Waals surface area contributed by atoms with Crippen LogP contribution >= 0.6 is 0 Å². The van der Waals surface area contributed by atoms with E-state index in [1.54, 1.807) is 0 Å². The molecule has 0 saturated heterocycles. The van der Waals surface area contributed by atoms with E-state index in [2.05, 4.69) is 25.7 Å². The van der Waals surface area contributed by atoms with Crippen molar-refractivity contribution in [2.24, 2.45) is 17.3 Å². The van der Waals surface area contributed by atoms with Crippen LogP contribution < -0.4 is 5.32 Å². The Hall–Kier alpha value is -1.05. The molecule has 2 atom stereocenters. The van der Waals surface area contributed by atoms with E-state index in [0.29, 0.717) is 23.0 Å². The maximum absolute atomic E-state index is 11.8. The average molecular weight is 205 g/mol. The summed E-state index contributed by atoms with van der Waals surface area (Å²) in [6.45, 7) is 10.9. The molecule has 0 aromatic heterocycles. The number of fused-ring (bicyclic) bond motifs is 1. The van der Waals surface area contributed by atoms with Gasteiger partial charge in [-0.3, -0.25) is 4.79 Å². The summed E-state index contributed by atoms with van der Waals surface area (Å²) in [6.07, 6.45) is 2.57. The molecule has 2 rings (SSSR count). The molecule has 0 bridgehead atoms. The maximum Gasteiger partial charge on any atom is 0.161 e. The second-order valence-electron chi connectivity index (χ2n) is 5.24. The van der Waals surface area contributed by atoms with E-state index in [4.69, 9.17) is 0 Å². The zero-order valence-electron chi connectivity index (χ0n) is 9.76. The van der Waals surface area contributed by atoms with Crippen molar-refractivity contribution in [3.8, 4) is 0 Å². The van der Waals surface area contributed by atoms with Crippen LogP contribution in [0.3, 0.4) is 0 Å². The Morgan fingerprint density at radius 3 is 2.87 bits per heavy atom. The first-order chi connectivity index (χ1) is 7.00. The van der Waals surface area contributed by atoms with Gasteiger partial charge in [0.05, 0.1) is 0 Å². The summed E-state index contributed by atoms with van der Waals surface area (Å²) >= 11 is 0. The molecule has 2 saturated carbocycles. The van der Waals surface area contributed by atoms with Gasteiger partial charge in [0.25, 0.3) is 0 Å². The number of allylic oxidation sites excluding steroid dienone is 2. The highest BCUT2D eigenvalue weighted by Gasteiger charge is 2.65. The lowest BCUT2D eigenvalue weighted by atomic mass is 9.95. The lowest BCUT2D eigenvalue weighted by molar-refractivity contribution is -0.115. The maximum atomic E-state index is 11.8. The Bertz CT molecular complexity index is 352. The molecule has 2 nitrogen and oxygen atoms in total. The second-order valence-corrected chi connectivity index (χ2v) is 5.24. The van der Waals surface area contributed by atoms with Crippen LogP contribution in [0.25, 0.3) is 0 Å². The van der Waals surface area contributed by atoms with Crippen LogP contribution in [0.15, 0.2) is 23.9 Å². The normalized spacial score (nSPS) is 34.7. The number of hydrogen-bond acceptors (Lipinski definition) is 2. The van der Waals surface area contributed by atoms with Crippen molar-refractivity contribution in [3.63, 3.8) is 0 Å². The van der Waals surface area contributed by atoms with Gasteiger partial charge in [0.1, 0.15) is 0 Å². The number of hydrogen-bond donors (Lipinski definition) is 1. The highest BCUT2D eigenvalue weighted by molar-refractivity contribution is 6.01. The predicted octanol–water partition coefficient (Wildman–Crippen LogP) is 2.28. The molecule has 1 N–H and O–H groups in total. The fourth-order valence-corrected chi connectivity index (χ4v) is 2.94. The standard InChI is InChI=1S/C13H19NO/c1-5-6-14-8(2)11-10(15)7-9-12(11)13(9,3)4/h5,9,12,14H,1,6-7H2,2-4H3/b11-8+. The SMILES string of the molecule is C=CCN/C(C)=C1\C(=O)CC2C1C2(C)C. The van der Waals surface area contributed by atoms with E-state index in [1.165, 1.54) is 0 Å². The van der Waals surface area contributed by atoms with Crippen LogP contribution in [-0.2, 0) is 4.79 Å². The molecule has 0 spiro atoms. The largest absolute Gasteiger partial charge is 0.385 e. The summed E-state index contributed by atoms with van der Waals surface area (Å²) in [5, 5.41) is 3.24. The Balaban J connectivity index is 2.20. The van der Waals surface area contributed by atoms with Crippen molar-refractivity contribution in [3.05, 3.63) is 23.9 Å². The first-order valence-electron chi connectivity index (χ1n) is 5.59. The van der Waals surface area contributed by atoms with Crippen molar-refractivity contribution in [2.75, 3.05) is 6.54 Å². The van der Waals surface area contributed by atoms with Gasteiger partial charge >= 0.3 is 0 Å². The molecular weight excluding hydrogens is 186 g/mol. The van der Waals surface area contributed by atoms with Crippen LogP contribution in [0.1, 0.15) is 27.2 Å². The van der Waals surface area contributed by atoms with Gasteiger partial charge in [0, 0.05) is 24.2 Å². The van der Waals surface area contributed by atoms with E-state index in [9.17, 15) is 4.79 Å². The van der Waals surface area contributed by atoms with E-state index in [-0.39, 0.29) is 0 Å². The molecule has 0 amide bonds. The summed E-state index contributed by atoms with van der Waals surface area (Å²) < 4.78 is 0. The van der Waals surface area contributed by atoms with Gasteiger partial charge in [-0.1, -0.05) is 19.9 Å². The Morgan fingerprint density at radius 2 is 2.33 bits per heavy atom. The molecule has 0 aromatic carbocycles. The van der Waals surface area contributed by atoms with Crippen molar-refractivity contribution in [2.45, 2.75) is 27.2 Å². The van der Waals surface area contributed by atoms with Gasteiger partial charge in [-0.2, -0.15) is 0 Å². The number of nitrogens with one attached hydrogen (secondary N) is 1. The molecule has 82 valence electrons. The summed E-state index contributed by atoms with van der Waals surface area (Å²) in [5.41, 5.74) is 2.45. The lowest BCUT2D eigenvalue weighted by Crippen LogP contribution is -2.18. The third-order valence-corrected chi connectivity index (χ3v) is 3.98. The minimum absolute atomic E-state index is 0.346. The van der Waals surface area contributed by atoms with Crippen LogP contribution in [0.5, 0.6) is 0 Å². The topological polar surface area (TPSA) is 29.1 Å². The number of rotatable bonds is 3. The van der Waals surface area contributed by atoms with Crippen molar-refractivity contribution in [1.29, 1.82) is 0 Å².